The number of nitrogens with zero attached hydrogens (tertiary/aromatic N) is 1. The van der Waals surface area contributed by atoms with Crippen molar-refractivity contribution in [2.24, 2.45) is 0 Å². The fourth-order valence-corrected chi connectivity index (χ4v) is 2.92. The van der Waals surface area contributed by atoms with Crippen molar-refractivity contribution in [2.45, 2.75) is 20.5 Å². The zero-order valence-corrected chi connectivity index (χ0v) is 15.7. The van der Waals surface area contributed by atoms with Crippen molar-refractivity contribution in [3.63, 3.8) is 0 Å². The van der Waals surface area contributed by atoms with E-state index in [9.17, 15) is 4.79 Å². The van der Waals surface area contributed by atoms with Gasteiger partial charge in [-0.25, -0.2) is 0 Å². The highest BCUT2D eigenvalue weighted by Crippen LogP contribution is 2.32. The number of nitrogens with one attached hydrogen (secondary N) is 1. The van der Waals surface area contributed by atoms with Gasteiger partial charge in [-0.3, -0.25) is 4.79 Å². The first-order valence-electron chi connectivity index (χ1n) is 8.96. The Balaban J connectivity index is 1.50. The summed E-state index contributed by atoms with van der Waals surface area (Å²) < 4.78 is 22.1. The standard InChI is InChI=1S/C21H20N2O5/c1-13-5-3-4-6-17(13)27-12-16-14(2)28-23-20(16)21(24)22-15-7-8-18-19(11-15)26-10-9-25-18/h3-8,11H,9-10,12H2,1-2H3,(H,22,24). The smallest absolute Gasteiger partial charge is 0.278 e. The maximum Gasteiger partial charge on any atom is 0.278 e. The molecule has 1 aliphatic heterocycles. The zero-order valence-electron chi connectivity index (χ0n) is 15.7. The molecule has 0 fully saturated rings. The van der Waals surface area contributed by atoms with E-state index >= 15 is 0 Å². The Hall–Kier alpha value is -3.48. The highest BCUT2D eigenvalue weighted by Gasteiger charge is 2.21. The van der Waals surface area contributed by atoms with Crippen LogP contribution in [0.5, 0.6) is 17.2 Å². The maximum atomic E-state index is 12.7. The number of ether oxygens (including phenoxy) is 3. The Morgan fingerprint density at radius 2 is 1.89 bits per heavy atom. The minimum absolute atomic E-state index is 0.185. The summed E-state index contributed by atoms with van der Waals surface area (Å²) >= 11 is 0. The molecular weight excluding hydrogens is 360 g/mol. The average molecular weight is 380 g/mol. The van der Waals surface area contributed by atoms with Crippen LogP contribution in [0.2, 0.25) is 0 Å². The highest BCUT2D eigenvalue weighted by atomic mass is 16.6. The third-order valence-electron chi connectivity index (χ3n) is 4.47. The fraction of sp³-hybridized carbons (Fsp3) is 0.238. The summed E-state index contributed by atoms with van der Waals surface area (Å²) in [5.41, 5.74) is 2.40. The van der Waals surface area contributed by atoms with Crippen LogP contribution in [0, 0.1) is 13.8 Å². The molecule has 0 saturated carbocycles. The molecular formula is C21H20N2O5. The van der Waals surface area contributed by atoms with Gasteiger partial charge in [0.1, 0.15) is 31.3 Å². The molecule has 0 bridgehead atoms. The lowest BCUT2D eigenvalue weighted by Gasteiger charge is -2.18. The van der Waals surface area contributed by atoms with E-state index in [0.29, 0.717) is 41.7 Å². The van der Waals surface area contributed by atoms with Crippen LogP contribution in [0.3, 0.4) is 0 Å². The summed E-state index contributed by atoms with van der Waals surface area (Å²) in [7, 11) is 0. The fourth-order valence-electron chi connectivity index (χ4n) is 2.92. The van der Waals surface area contributed by atoms with Crippen molar-refractivity contribution in [1.82, 2.24) is 5.16 Å². The van der Waals surface area contributed by atoms with Gasteiger partial charge < -0.3 is 24.1 Å². The molecule has 0 atom stereocenters. The second kappa shape index (κ2) is 7.64. The van der Waals surface area contributed by atoms with Gasteiger partial charge in [-0.05, 0) is 37.6 Å². The molecule has 144 valence electrons. The van der Waals surface area contributed by atoms with Crippen molar-refractivity contribution < 1.29 is 23.5 Å². The molecule has 1 aliphatic rings. The number of para-hydroxylation sites is 1. The Labute approximate surface area is 162 Å². The third kappa shape index (κ3) is 3.64. The molecule has 2 aromatic carbocycles. The molecule has 7 heteroatoms. The summed E-state index contributed by atoms with van der Waals surface area (Å²) in [5.74, 6) is 2.18. The Morgan fingerprint density at radius 3 is 2.71 bits per heavy atom. The monoisotopic (exact) mass is 380 g/mol. The van der Waals surface area contributed by atoms with Crippen LogP contribution < -0.4 is 19.5 Å². The van der Waals surface area contributed by atoms with Gasteiger partial charge in [0.2, 0.25) is 0 Å². The molecule has 4 rings (SSSR count). The summed E-state index contributed by atoms with van der Waals surface area (Å²) in [4.78, 5) is 12.7. The lowest BCUT2D eigenvalue weighted by Crippen LogP contribution is -2.17. The third-order valence-corrected chi connectivity index (χ3v) is 4.47. The summed E-state index contributed by atoms with van der Waals surface area (Å²) in [6, 6.07) is 12.9. The van der Waals surface area contributed by atoms with Crippen LogP contribution >= 0.6 is 0 Å². The van der Waals surface area contributed by atoms with Crippen LogP contribution in [0.1, 0.15) is 27.4 Å². The molecule has 0 unspecified atom stereocenters. The van der Waals surface area contributed by atoms with Crippen LogP contribution in [-0.4, -0.2) is 24.3 Å². The topological polar surface area (TPSA) is 82.8 Å². The number of carbonyl (C=O) groups excluding carboxylic acids is 1. The normalized spacial score (nSPS) is 12.5. The first-order valence-corrected chi connectivity index (χ1v) is 8.96. The predicted molar refractivity (Wildman–Crippen MR) is 102 cm³/mol. The maximum absolute atomic E-state index is 12.7. The van der Waals surface area contributed by atoms with E-state index in [1.807, 2.05) is 31.2 Å². The van der Waals surface area contributed by atoms with E-state index < -0.39 is 0 Å². The van der Waals surface area contributed by atoms with Gasteiger partial charge >= 0.3 is 0 Å². The van der Waals surface area contributed by atoms with E-state index in [1.165, 1.54) is 0 Å². The molecule has 1 aromatic heterocycles. The molecule has 0 aliphatic carbocycles. The van der Waals surface area contributed by atoms with Gasteiger partial charge in [-0.1, -0.05) is 23.4 Å². The number of rotatable bonds is 5. The molecule has 0 radical (unpaired) electrons. The van der Waals surface area contributed by atoms with Gasteiger partial charge in [0.15, 0.2) is 17.2 Å². The van der Waals surface area contributed by atoms with E-state index in [-0.39, 0.29) is 18.2 Å². The summed E-state index contributed by atoms with van der Waals surface area (Å²) in [6.45, 7) is 4.90. The number of hydrogen-bond donors (Lipinski definition) is 1. The van der Waals surface area contributed by atoms with Crippen molar-refractivity contribution >= 4 is 11.6 Å². The number of fused-ring (bicyclic) bond motifs is 1. The molecule has 1 N–H and O–H groups in total. The lowest BCUT2D eigenvalue weighted by atomic mass is 10.2. The number of carbonyl (C=O) groups is 1. The second-order valence-electron chi connectivity index (χ2n) is 6.43. The van der Waals surface area contributed by atoms with E-state index in [4.69, 9.17) is 18.7 Å². The predicted octanol–water partition coefficient (Wildman–Crippen LogP) is 3.89. The number of aromatic nitrogens is 1. The number of aryl methyl sites for hydroxylation is 2. The van der Waals surface area contributed by atoms with Gasteiger partial charge in [0.25, 0.3) is 5.91 Å². The highest BCUT2D eigenvalue weighted by molar-refractivity contribution is 6.04. The molecule has 2 heterocycles. The second-order valence-corrected chi connectivity index (χ2v) is 6.43. The van der Waals surface area contributed by atoms with Crippen LogP contribution in [0.25, 0.3) is 0 Å². The molecule has 1 amide bonds. The van der Waals surface area contributed by atoms with Crippen molar-refractivity contribution in [3.8, 4) is 17.2 Å². The van der Waals surface area contributed by atoms with Crippen LogP contribution in [-0.2, 0) is 6.61 Å². The molecule has 3 aromatic rings. The number of benzene rings is 2. The summed E-state index contributed by atoms with van der Waals surface area (Å²) in [5, 5.41) is 6.73. The minimum atomic E-state index is -0.378. The van der Waals surface area contributed by atoms with E-state index in [0.717, 1.165) is 11.3 Å². The van der Waals surface area contributed by atoms with Gasteiger partial charge in [-0.2, -0.15) is 0 Å². The molecule has 7 nitrogen and oxygen atoms in total. The van der Waals surface area contributed by atoms with Crippen LogP contribution in [0.15, 0.2) is 47.0 Å². The SMILES string of the molecule is Cc1ccccc1OCc1c(C(=O)Nc2ccc3c(c2)OCCO3)noc1C. The molecule has 0 spiro atoms. The molecule has 0 saturated heterocycles. The van der Waals surface area contributed by atoms with Crippen molar-refractivity contribution in [1.29, 1.82) is 0 Å². The van der Waals surface area contributed by atoms with E-state index in [2.05, 4.69) is 10.5 Å². The van der Waals surface area contributed by atoms with Gasteiger partial charge in [-0.15, -0.1) is 0 Å². The van der Waals surface area contributed by atoms with Crippen molar-refractivity contribution in [3.05, 3.63) is 65.0 Å². The Morgan fingerprint density at radius 1 is 1.11 bits per heavy atom. The molecule has 28 heavy (non-hydrogen) atoms. The number of amides is 1. The van der Waals surface area contributed by atoms with Crippen LogP contribution in [0.4, 0.5) is 5.69 Å². The lowest BCUT2D eigenvalue weighted by molar-refractivity contribution is 0.101. The summed E-state index contributed by atoms with van der Waals surface area (Å²) in [6.07, 6.45) is 0. The number of hydrogen-bond acceptors (Lipinski definition) is 6. The first-order chi connectivity index (χ1) is 13.6. The van der Waals surface area contributed by atoms with E-state index in [1.54, 1.807) is 25.1 Å². The number of anilines is 1. The first kappa shape index (κ1) is 17.9. The average Bonchev–Trinajstić information content (AvgIpc) is 3.08. The van der Waals surface area contributed by atoms with Gasteiger partial charge in [0.05, 0.1) is 5.56 Å². The zero-order chi connectivity index (χ0) is 19.5. The van der Waals surface area contributed by atoms with Crippen molar-refractivity contribution in [2.75, 3.05) is 18.5 Å². The Bertz CT molecular complexity index is 1010. The minimum Gasteiger partial charge on any atom is -0.488 e. The van der Waals surface area contributed by atoms with Gasteiger partial charge in [0, 0.05) is 11.8 Å². The largest absolute Gasteiger partial charge is 0.488 e. The quantitative estimate of drug-likeness (QED) is 0.723. The Kier molecular flexibility index (Phi) is 4.89.